The molecule has 2 heteroatoms. The number of hydrogen-bond donors (Lipinski definition) is 1. The van der Waals surface area contributed by atoms with Crippen molar-refractivity contribution in [3.8, 4) is 0 Å². The number of nitrogens with one attached hydrogen (secondary N) is 1. The van der Waals surface area contributed by atoms with Crippen LogP contribution in [0.1, 0.15) is 35.4 Å². The van der Waals surface area contributed by atoms with Gasteiger partial charge >= 0.3 is 0 Å². The molecule has 0 spiro atoms. The smallest absolute Gasteiger partial charge is 0.123 e. The molecule has 0 saturated heterocycles. The molecule has 2 aromatic carbocycles. The van der Waals surface area contributed by atoms with Gasteiger partial charge in [0.15, 0.2) is 0 Å². The molecule has 0 aliphatic heterocycles. The van der Waals surface area contributed by atoms with Gasteiger partial charge in [-0.1, -0.05) is 36.4 Å². The summed E-state index contributed by atoms with van der Waals surface area (Å²) in [7, 11) is 0. The van der Waals surface area contributed by atoms with E-state index in [0.29, 0.717) is 6.04 Å². The van der Waals surface area contributed by atoms with Gasteiger partial charge in [-0.05, 0) is 67.5 Å². The van der Waals surface area contributed by atoms with Crippen molar-refractivity contribution < 1.29 is 4.39 Å². The molecule has 0 bridgehead atoms. The molecule has 0 atom stereocenters. The Labute approximate surface area is 126 Å². The molecule has 0 heterocycles. The van der Waals surface area contributed by atoms with E-state index in [9.17, 15) is 4.39 Å². The molecule has 21 heavy (non-hydrogen) atoms. The number of rotatable bonds is 5. The van der Waals surface area contributed by atoms with E-state index < -0.39 is 0 Å². The SMILES string of the molecule is Cc1cc(F)ccc1CCNC1CC(c2ccccc2)C1. The van der Waals surface area contributed by atoms with Crippen LogP contribution in [-0.2, 0) is 6.42 Å². The van der Waals surface area contributed by atoms with Crippen LogP contribution in [0.5, 0.6) is 0 Å². The van der Waals surface area contributed by atoms with Gasteiger partial charge in [0, 0.05) is 6.04 Å². The van der Waals surface area contributed by atoms with E-state index in [1.165, 1.54) is 24.0 Å². The Morgan fingerprint density at radius 1 is 1.10 bits per heavy atom. The molecule has 0 radical (unpaired) electrons. The maximum atomic E-state index is 13.1. The highest BCUT2D eigenvalue weighted by Crippen LogP contribution is 2.36. The molecule has 1 aliphatic rings. The van der Waals surface area contributed by atoms with E-state index in [0.717, 1.165) is 24.4 Å². The van der Waals surface area contributed by atoms with E-state index >= 15 is 0 Å². The van der Waals surface area contributed by atoms with Crippen molar-refractivity contribution in [1.82, 2.24) is 5.32 Å². The number of hydrogen-bond acceptors (Lipinski definition) is 1. The van der Waals surface area contributed by atoms with E-state index in [4.69, 9.17) is 0 Å². The Kier molecular flexibility index (Phi) is 4.35. The lowest BCUT2D eigenvalue weighted by atomic mass is 9.76. The minimum atomic E-state index is -0.145. The highest BCUT2D eigenvalue weighted by Gasteiger charge is 2.29. The zero-order chi connectivity index (χ0) is 14.7. The van der Waals surface area contributed by atoms with Gasteiger partial charge in [0.05, 0.1) is 0 Å². The second-order valence-corrected chi connectivity index (χ2v) is 6.05. The Balaban J connectivity index is 1.42. The quantitative estimate of drug-likeness (QED) is 0.866. The Morgan fingerprint density at radius 2 is 1.86 bits per heavy atom. The van der Waals surface area contributed by atoms with Gasteiger partial charge < -0.3 is 5.32 Å². The monoisotopic (exact) mass is 283 g/mol. The highest BCUT2D eigenvalue weighted by atomic mass is 19.1. The molecular weight excluding hydrogens is 261 g/mol. The summed E-state index contributed by atoms with van der Waals surface area (Å²) in [5, 5.41) is 3.62. The van der Waals surface area contributed by atoms with Crippen LogP contribution in [0.15, 0.2) is 48.5 Å². The average molecular weight is 283 g/mol. The number of aryl methyl sites for hydroxylation is 1. The zero-order valence-electron chi connectivity index (χ0n) is 12.5. The van der Waals surface area contributed by atoms with Gasteiger partial charge in [-0.3, -0.25) is 0 Å². The average Bonchev–Trinajstić information content (AvgIpc) is 2.44. The third-order valence-corrected chi connectivity index (χ3v) is 4.54. The van der Waals surface area contributed by atoms with Crippen molar-refractivity contribution >= 4 is 0 Å². The van der Waals surface area contributed by atoms with Crippen molar-refractivity contribution in [1.29, 1.82) is 0 Å². The maximum absolute atomic E-state index is 13.1. The van der Waals surface area contributed by atoms with Crippen LogP contribution < -0.4 is 5.32 Å². The van der Waals surface area contributed by atoms with Crippen molar-refractivity contribution in [2.45, 2.75) is 38.1 Å². The summed E-state index contributed by atoms with van der Waals surface area (Å²) in [5.74, 6) is 0.574. The second-order valence-electron chi connectivity index (χ2n) is 6.05. The van der Waals surface area contributed by atoms with Crippen molar-refractivity contribution in [3.63, 3.8) is 0 Å². The van der Waals surface area contributed by atoms with Gasteiger partial charge in [0.25, 0.3) is 0 Å². The van der Waals surface area contributed by atoms with Gasteiger partial charge in [-0.2, -0.15) is 0 Å². The Morgan fingerprint density at radius 3 is 2.57 bits per heavy atom. The minimum absolute atomic E-state index is 0.145. The summed E-state index contributed by atoms with van der Waals surface area (Å²) in [6, 6.07) is 16.5. The first-order valence-electron chi connectivity index (χ1n) is 7.76. The van der Waals surface area contributed by atoms with Crippen LogP contribution >= 0.6 is 0 Å². The summed E-state index contributed by atoms with van der Waals surface area (Å²) in [6.07, 6.45) is 3.43. The fraction of sp³-hybridized carbons (Fsp3) is 0.368. The maximum Gasteiger partial charge on any atom is 0.123 e. The molecule has 0 unspecified atom stereocenters. The third kappa shape index (κ3) is 3.51. The van der Waals surface area contributed by atoms with Crippen molar-refractivity contribution in [2.24, 2.45) is 0 Å². The van der Waals surface area contributed by atoms with Gasteiger partial charge in [0.2, 0.25) is 0 Å². The first kappa shape index (κ1) is 14.3. The summed E-state index contributed by atoms with van der Waals surface area (Å²) in [5.41, 5.74) is 3.75. The molecule has 1 saturated carbocycles. The van der Waals surface area contributed by atoms with Crippen LogP contribution in [0.25, 0.3) is 0 Å². The van der Waals surface area contributed by atoms with E-state index in [1.807, 2.05) is 13.0 Å². The standard InChI is InChI=1S/C19H22FN/c1-14-11-18(20)8-7-15(14)9-10-21-19-12-17(13-19)16-5-3-2-4-6-16/h2-8,11,17,19,21H,9-10,12-13H2,1H3. The second kappa shape index (κ2) is 6.40. The van der Waals surface area contributed by atoms with Gasteiger partial charge in [-0.25, -0.2) is 4.39 Å². The molecule has 110 valence electrons. The molecule has 1 nitrogen and oxygen atoms in total. The van der Waals surface area contributed by atoms with Gasteiger partial charge in [0.1, 0.15) is 5.82 Å². The van der Waals surface area contributed by atoms with Crippen LogP contribution in [-0.4, -0.2) is 12.6 Å². The lowest BCUT2D eigenvalue weighted by Gasteiger charge is -2.36. The number of benzene rings is 2. The molecule has 0 aromatic heterocycles. The van der Waals surface area contributed by atoms with Crippen molar-refractivity contribution in [3.05, 3.63) is 71.0 Å². The molecule has 0 amide bonds. The fourth-order valence-electron chi connectivity index (χ4n) is 3.13. The minimum Gasteiger partial charge on any atom is -0.314 e. The summed E-state index contributed by atoms with van der Waals surface area (Å²) < 4.78 is 13.1. The van der Waals surface area contributed by atoms with E-state index in [-0.39, 0.29) is 5.82 Å². The number of halogens is 1. The molecule has 1 N–H and O–H groups in total. The van der Waals surface area contributed by atoms with Crippen LogP contribution in [0.3, 0.4) is 0 Å². The third-order valence-electron chi connectivity index (χ3n) is 4.54. The lowest BCUT2D eigenvalue weighted by Crippen LogP contribution is -2.40. The first-order chi connectivity index (χ1) is 10.2. The summed E-state index contributed by atoms with van der Waals surface area (Å²) in [6.45, 7) is 2.95. The zero-order valence-corrected chi connectivity index (χ0v) is 12.5. The molecule has 3 rings (SSSR count). The van der Waals surface area contributed by atoms with Crippen LogP contribution in [0.4, 0.5) is 4.39 Å². The molecule has 1 fully saturated rings. The Hall–Kier alpha value is -1.67. The predicted molar refractivity (Wildman–Crippen MR) is 85.0 cm³/mol. The Bertz CT molecular complexity index is 588. The van der Waals surface area contributed by atoms with Gasteiger partial charge in [-0.15, -0.1) is 0 Å². The lowest BCUT2D eigenvalue weighted by molar-refractivity contribution is 0.293. The van der Waals surface area contributed by atoms with Crippen LogP contribution in [0.2, 0.25) is 0 Å². The van der Waals surface area contributed by atoms with Crippen LogP contribution in [0, 0.1) is 12.7 Å². The summed E-state index contributed by atoms with van der Waals surface area (Å²) in [4.78, 5) is 0. The van der Waals surface area contributed by atoms with Crippen molar-refractivity contribution in [2.75, 3.05) is 6.54 Å². The summed E-state index contributed by atoms with van der Waals surface area (Å²) >= 11 is 0. The predicted octanol–water partition coefficient (Wildman–Crippen LogP) is 4.21. The van der Waals surface area contributed by atoms with E-state index in [2.05, 4.69) is 35.6 Å². The molecule has 2 aromatic rings. The fourth-order valence-corrected chi connectivity index (χ4v) is 3.13. The highest BCUT2D eigenvalue weighted by molar-refractivity contribution is 5.27. The first-order valence-corrected chi connectivity index (χ1v) is 7.76. The topological polar surface area (TPSA) is 12.0 Å². The normalized spacial score (nSPS) is 21.0. The largest absolute Gasteiger partial charge is 0.314 e. The molecule has 1 aliphatic carbocycles. The molecular formula is C19H22FN. The van der Waals surface area contributed by atoms with E-state index in [1.54, 1.807) is 12.1 Å².